The molecule has 3 aliphatic rings. The quantitative estimate of drug-likeness (QED) is 0.238. The van der Waals surface area contributed by atoms with Crippen LogP contribution in [0.1, 0.15) is 70.3 Å². The number of alkyl halides is 3. The minimum Gasteiger partial charge on any atom is -0.462 e. The maximum atomic E-state index is 13.7. The third-order valence-corrected chi connectivity index (χ3v) is 8.31. The highest BCUT2D eigenvalue weighted by Crippen LogP contribution is 2.40. The molecule has 0 unspecified atom stereocenters. The van der Waals surface area contributed by atoms with Crippen LogP contribution in [-0.4, -0.2) is 73.5 Å². The molecule has 0 spiro atoms. The van der Waals surface area contributed by atoms with Crippen LogP contribution in [0.5, 0.6) is 0 Å². The maximum Gasteiger partial charge on any atom is 0.418 e. The number of piperazine rings is 1. The van der Waals surface area contributed by atoms with E-state index in [1.165, 1.54) is 24.5 Å². The van der Waals surface area contributed by atoms with E-state index in [-0.39, 0.29) is 35.4 Å². The standard InChI is InChI=1S/C32H34F3N5O5/c33-32(34,35)23-5-1-2-6-26(23)38-14-16-39(17-15-38)27-11-10-22(31(43)44-18-4-13-40-12-3-7-28(40)41)19-24(27)36-29(42)25-20-45-30(37-25)21-8-9-21/h1-2,5-6,10-11,19-21H,3-4,7-9,12-18H2,(H,36,42). The first kappa shape index (κ1) is 30.5. The van der Waals surface area contributed by atoms with Gasteiger partial charge < -0.3 is 29.2 Å². The van der Waals surface area contributed by atoms with Crippen LogP contribution in [0.3, 0.4) is 0 Å². The van der Waals surface area contributed by atoms with Crippen LogP contribution in [0, 0.1) is 0 Å². The highest BCUT2D eigenvalue weighted by Gasteiger charge is 2.35. The number of amides is 2. The van der Waals surface area contributed by atoms with Crippen molar-refractivity contribution in [3.63, 3.8) is 0 Å². The molecule has 45 heavy (non-hydrogen) atoms. The number of carbonyl (C=O) groups is 3. The van der Waals surface area contributed by atoms with Crippen molar-refractivity contribution in [1.82, 2.24) is 9.88 Å². The van der Waals surface area contributed by atoms with Crippen molar-refractivity contribution in [2.24, 2.45) is 0 Å². The van der Waals surface area contributed by atoms with Crippen molar-refractivity contribution in [3.05, 3.63) is 71.4 Å². The number of esters is 1. The number of oxazole rings is 1. The first-order chi connectivity index (χ1) is 21.7. The summed E-state index contributed by atoms with van der Waals surface area (Å²) < 4.78 is 51.9. The molecule has 2 aliphatic heterocycles. The first-order valence-corrected chi connectivity index (χ1v) is 15.2. The number of ether oxygens (including phenoxy) is 1. The average molecular weight is 626 g/mol. The molecule has 3 heterocycles. The fraction of sp³-hybridized carbons (Fsp3) is 0.438. The molecule has 2 amide bonds. The smallest absolute Gasteiger partial charge is 0.418 e. The third-order valence-electron chi connectivity index (χ3n) is 8.31. The number of carbonyl (C=O) groups excluding carboxylic acids is 3. The summed E-state index contributed by atoms with van der Waals surface area (Å²) in [5, 5.41) is 2.86. The van der Waals surface area contributed by atoms with E-state index in [4.69, 9.17) is 9.15 Å². The molecule has 238 valence electrons. The zero-order valence-corrected chi connectivity index (χ0v) is 24.6. The molecule has 3 aromatic rings. The number of hydrogen-bond acceptors (Lipinski definition) is 8. The van der Waals surface area contributed by atoms with Crippen LogP contribution in [-0.2, 0) is 15.7 Å². The summed E-state index contributed by atoms with van der Waals surface area (Å²) in [6, 6.07) is 10.4. The highest BCUT2D eigenvalue weighted by molar-refractivity contribution is 6.05. The van der Waals surface area contributed by atoms with Crippen LogP contribution in [0.25, 0.3) is 0 Å². The largest absolute Gasteiger partial charge is 0.462 e. The molecule has 10 nitrogen and oxygen atoms in total. The van der Waals surface area contributed by atoms with Gasteiger partial charge in [0.25, 0.3) is 5.91 Å². The number of para-hydroxylation sites is 1. The van der Waals surface area contributed by atoms with Crippen LogP contribution in [0.4, 0.5) is 30.2 Å². The van der Waals surface area contributed by atoms with E-state index in [0.29, 0.717) is 69.4 Å². The van der Waals surface area contributed by atoms with E-state index in [0.717, 1.165) is 25.3 Å². The predicted octanol–water partition coefficient (Wildman–Crippen LogP) is 5.32. The Hall–Kier alpha value is -4.55. The Bertz CT molecular complexity index is 1560. The van der Waals surface area contributed by atoms with Gasteiger partial charge in [0.05, 0.1) is 29.1 Å². The van der Waals surface area contributed by atoms with E-state index in [1.54, 1.807) is 28.0 Å². The number of benzene rings is 2. The fourth-order valence-corrected chi connectivity index (χ4v) is 5.76. The molecule has 6 rings (SSSR count). The molecule has 1 aromatic heterocycles. The first-order valence-electron chi connectivity index (χ1n) is 15.2. The fourth-order valence-electron chi connectivity index (χ4n) is 5.76. The molecule has 2 saturated heterocycles. The zero-order chi connectivity index (χ0) is 31.6. The van der Waals surface area contributed by atoms with Gasteiger partial charge in [0.1, 0.15) is 6.26 Å². The summed E-state index contributed by atoms with van der Waals surface area (Å²) in [5.41, 5.74) is 0.741. The third kappa shape index (κ3) is 7.07. The molecule has 0 radical (unpaired) electrons. The lowest BCUT2D eigenvalue weighted by atomic mass is 10.1. The summed E-state index contributed by atoms with van der Waals surface area (Å²) in [7, 11) is 0. The molecule has 0 bridgehead atoms. The topological polar surface area (TPSA) is 108 Å². The van der Waals surface area contributed by atoms with Crippen molar-refractivity contribution in [2.75, 3.05) is 61.0 Å². The predicted molar refractivity (Wildman–Crippen MR) is 159 cm³/mol. The number of likely N-dealkylation sites (tertiary alicyclic amines) is 1. The molecule has 1 aliphatic carbocycles. The van der Waals surface area contributed by atoms with Gasteiger partial charge in [0.15, 0.2) is 11.6 Å². The lowest BCUT2D eigenvalue weighted by molar-refractivity contribution is -0.137. The summed E-state index contributed by atoms with van der Waals surface area (Å²) in [4.78, 5) is 47.7. The zero-order valence-electron chi connectivity index (χ0n) is 24.6. The van der Waals surface area contributed by atoms with Gasteiger partial charge in [-0.1, -0.05) is 12.1 Å². The Morgan fingerprint density at radius 2 is 1.73 bits per heavy atom. The highest BCUT2D eigenvalue weighted by atomic mass is 19.4. The van der Waals surface area contributed by atoms with E-state index >= 15 is 0 Å². The molecular formula is C32H34F3N5O5. The summed E-state index contributed by atoms with van der Waals surface area (Å²) in [5.74, 6) is -0.230. The Labute approximate surface area is 258 Å². The number of aromatic nitrogens is 1. The number of nitrogens with one attached hydrogen (secondary N) is 1. The van der Waals surface area contributed by atoms with Crippen LogP contribution in [0.2, 0.25) is 0 Å². The second-order valence-corrected chi connectivity index (χ2v) is 11.5. The Kier molecular flexibility index (Phi) is 8.68. The van der Waals surface area contributed by atoms with Crippen LogP contribution in [0.15, 0.2) is 53.1 Å². The van der Waals surface area contributed by atoms with Crippen molar-refractivity contribution in [1.29, 1.82) is 0 Å². The van der Waals surface area contributed by atoms with Gasteiger partial charge in [-0.05, 0) is 56.0 Å². The number of anilines is 3. The SMILES string of the molecule is O=C(OCCCN1CCCC1=O)c1ccc(N2CCN(c3ccccc3C(F)(F)F)CC2)c(NC(=O)c2coc(C3CC3)n2)c1. The normalized spacial score (nSPS) is 17.1. The average Bonchev–Trinajstić information content (AvgIpc) is 3.62. The van der Waals surface area contributed by atoms with E-state index in [2.05, 4.69) is 10.3 Å². The molecule has 3 fully saturated rings. The maximum absolute atomic E-state index is 13.7. The van der Waals surface area contributed by atoms with Gasteiger partial charge in [-0.3, -0.25) is 9.59 Å². The van der Waals surface area contributed by atoms with Crippen LogP contribution < -0.4 is 15.1 Å². The summed E-state index contributed by atoms with van der Waals surface area (Å²) in [6.45, 7) is 2.76. The van der Waals surface area contributed by atoms with E-state index in [1.807, 2.05) is 4.90 Å². The van der Waals surface area contributed by atoms with Gasteiger partial charge >= 0.3 is 12.1 Å². The molecule has 2 aromatic carbocycles. The van der Waals surface area contributed by atoms with Crippen molar-refractivity contribution < 1.29 is 36.7 Å². The summed E-state index contributed by atoms with van der Waals surface area (Å²) >= 11 is 0. The number of rotatable bonds is 10. The molecule has 13 heteroatoms. The Balaban J connectivity index is 1.16. The Morgan fingerprint density at radius 3 is 2.42 bits per heavy atom. The summed E-state index contributed by atoms with van der Waals surface area (Å²) in [6.07, 6.45) is 0.659. The van der Waals surface area contributed by atoms with Gasteiger partial charge in [-0.2, -0.15) is 13.2 Å². The lowest BCUT2D eigenvalue weighted by Crippen LogP contribution is -2.47. The van der Waals surface area contributed by atoms with Crippen molar-refractivity contribution in [2.45, 2.75) is 44.2 Å². The number of hydrogen-bond donors (Lipinski definition) is 1. The monoisotopic (exact) mass is 625 g/mol. The Morgan fingerprint density at radius 1 is 1.00 bits per heavy atom. The van der Waals surface area contributed by atoms with Crippen molar-refractivity contribution in [3.8, 4) is 0 Å². The number of nitrogens with zero attached hydrogens (tertiary/aromatic N) is 4. The second kappa shape index (κ2) is 12.8. The van der Waals surface area contributed by atoms with E-state index in [9.17, 15) is 27.6 Å². The van der Waals surface area contributed by atoms with Crippen LogP contribution >= 0.6 is 0 Å². The van der Waals surface area contributed by atoms with Gasteiger partial charge in [0, 0.05) is 57.3 Å². The van der Waals surface area contributed by atoms with Gasteiger partial charge in [-0.25, -0.2) is 9.78 Å². The molecule has 1 N–H and O–H groups in total. The molecule has 1 saturated carbocycles. The number of halogens is 3. The minimum absolute atomic E-state index is 0.110. The molecule has 0 atom stereocenters. The van der Waals surface area contributed by atoms with Gasteiger partial charge in [0.2, 0.25) is 5.91 Å². The minimum atomic E-state index is -4.47. The van der Waals surface area contributed by atoms with Gasteiger partial charge in [-0.15, -0.1) is 0 Å². The van der Waals surface area contributed by atoms with Crippen molar-refractivity contribution >= 4 is 34.8 Å². The molecular weight excluding hydrogens is 591 g/mol. The second-order valence-electron chi connectivity index (χ2n) is 11.5. The lowest BCUT2D eigenvalue weighted by Gasteiger charge is -2.39. The van der Waals surface area contributed by atoms with E-state index < -0.39 is 23.6 Å².